The van der Waals surface area contributed by atoms with Crippen molar-refractivity contribution in [1.82, 2.24) is 14.5 Å². The van der Waals surface area contributed by atoms with Gasteiger partial charge in [-0.05, 0) is 18.8 Å². The predicted molar refractivity (Wildman–Crippen MR) is 80.4 cm³/mol. The van der Waals surface area contributed by atoms with Crippen molar-refractivity contribution in [2.75, 3.05) is 26.3 Å². The van der Waals surface area contributed by atoms with E-state index >= 15 is 0 Å². The number of carbonyl (C=O) groups excluding carboxylic acids is 1. The second-order valence-corrected chi connectivity index (χ2v) is 6.81. The van der Waals surface area contributed by atoms with Crippen LogP contribution >= 0.6 is 0 Å². The number of morpholine rings is 1. The van der Waals surface area contributed by atoms with E-state index in [4.69, 9.17) is 4.74 Å². The number of carbonyl (C=O) groups is 1. The average Bonchev–Trinajstić information content (AvgIpc) is 2.98. The minimum absolute atomic E-state index is 0.0181. The number of ether oxygens (including phenoxy) is 1. The highest BCUT2D eigenvalue weighted by Gasteiger charge is 2.34. The minimum Gasteiger partial charge on any atom is -0.378 e. The topological polar surface area (TPSA) is 47.4 Å². The Morgan fingerprint density at radius 2 is 2.19 bits per heavy atom. The third-order valence-corrected chi connectivity index (χ3v) is 4.93. The molecule has 0 radical (unpaired) electrons. The van der Waals surface area contributed by atoms with Crippen LogP contribution in [0.15, 0.2) is 12.5 Å². The fraction of sp³-hybridized carbons (Fsp3) is 0.750. The summed E-state index contributed by atoms with van der Waals surface area (Å²) in [6, 6.07) is 0.0181. The first-order chi connectivity index (χ1) is 10.1. The van der Waals surface area contributed by atoms with E-state index in [-0.39, 0.29) is 11.4 Å². The number of nitrogens with zero attached hydrogens (tertiary/aromatic N) is 3. The van der Waals surface area contributed by atoms with Crippen molar-refractivity contribution < 1.29 is 9.53 Å². The molecule has 116 valence electrons. The van der Waals surface area contributed by atoms with Crippen molar-refractivity contribution in [2.24, 2.45) is 5.92 Å². The summed E-state index contributed by atoms with van der Waals surface area (Å²) >= 11 is 0. The van der Waals surface area contributed by atoms with Gasteiger partial charge in [0, 0.05) is 24.7 Å². The van der Waals surface area contributed by atoms with Gasteiger partial charge in [0.25, 0.3) is 0 Å². The fourth-order valence-corrected chi connectivity index (χ4v) is 3.70. The molecule has 0 aromatic carbocycles. The second kappa shape index (κ2) is 5.79. The summed E-state index contributed by atoms with van der Waals surface area (Å²) in [5.41, 5.74) is 1.18. The highest BCUT2D eigenvalue weighted by molar-refractivity contribution is 5.77. The number of hydrogen-bond acceptors (Lipinski definition) is 3. The van der Waals surface area contributed by atoms with Crippen molar-refractivity contribution in [3.05, 3.63) is 18.2 Å². The lowest BCUT2D eigenvalue weighted by atomic mass is 9.70. The molecule has 1 amide bonds. The SMILES string of the molecule is CC1CCCC(C)(c2cn(C(=O)N3CCOCC3)cn2)C1. The van der Waals surface area contributed by atoms with Gasteiger partial charge < -0.3 is 9.64 Å². The van der Waals surface area contributed by atoms with Gasteiger partial charge in [0.2, 0.25) is 0 Å². The zero-order chi connectivity index (χ0) is 14.9. The summed E-state index contributed by atoms with van der Waals surface area (Å²) in [6.45, 7) is 7.19. The summed E-state index contributed by atoms with van der Waals surface area (Å²) in [7, 11) is 0. The smallest absolute Gasteiger partial charge is 0.329 e. The summed E-state index contributed by atoms with van der Waals surface area (Å²) in [5.74, 6) is 0.740. The molecule has 21 heavy (non-hydrogen) atoms. The molecule has 1 saturated carbocycles. The highest BCUT2D eigenvalue weighted by Crippen LogP contribution is 2.40. The van der Waals surface area contributed by atoms with E-state index in [1.807, 2.05) is 11.1 Å². The van der Waals surface area contributed by atoms with E-state index in [2.05, 4.69) is 18.8 Å². The van der Waals surface area contributed by atoms with Crippen LogP contribution in [-0.2, 0) is 10.2 Å². The van der Waals surface area contributed by atoms with Gasteiger partial charge in [-0.25, -0.2) is 9.78 Å². The number of amides is 1. The lowest BCUT2D eigenvalue weighted by Gasteiger charge is -2.35. The molecule has 5 heteroatoms. The van der Waals surface area contributed by atoms with Gasteiger partial charge in [-0.2, -0.15) is 0 Å². The quantitative estimate of drug-likeness (QED) is 0.799. The van der Waals surface area contributed by atoms with Gasteiger partial charge in [0.05, 0.1) is 18.9 Å². The average molecular weight is 291 g/mol. The molecule has 1 aliphatic carbocycles. The molecule has 1 aromatic rings. The van der Waals surface area contributed by atoms with Crippen LogP contribution in [0.4, 0.5) is 4.79 Å². The number of imidazole rings is 1. The molecular weight excluding hydrogens is 266 g/mol. The monoisotopic (exact) mass is 291 g/mol. The second-order valence-electron chi connectivity index (χ2n) is 6.81. The van der Waals surface area contributed by atoms with Crippen molar-refractivity contribution in [3.8, 4) is 0 Å². The molecule has 2 fully saturated rings. The minimum atomic E-state index is 0.0181. The van der Waals surface area contributed by atoms with Gasteiger partial charge in [-0.3, -0.25) is 4.57 Å². The summed E-state index contributed by atoms with van der Waals surface area (Å²) < 4.78 is 6.94. The van der Waals surface area contributed by atoms with E-state index < -0.39 is 0 Å². The number of rotatable bonds is 1. The van der Waals surface area contributed by atoms with Crippen LogP contribution in [0.1, 0.15) is 45.2 Å². The maximum Gasteiger partial charge on any atom is 0.329 e. The van der Waals surface area contributed by atoms with E-state index in [9.17, 15) is 4.79 Å². The molecule has 1 aromatic heterocycles. The molecule has 2 heterocycles. The van der Waals surface area contributed by atoms with Crippen molar-refractivity contribution in [1.29, 1.82) is 0 Å². The molecule has 0 bridgehead atoms. The van der Waals surface area contributed by atoms with Gasteiger partial charge >= 0.3 is 6.03 Å². The molecule has 2 aliphatic rings. The van der Waals surface area contributed by atoms with E-state index in [1.54, 1.807) is 10.9 Å². The molecule has 0 N–H and O–H groups in total. The van der Waals surface area contributed by atoms with Gasteiger partial charge in [0.15, 0.2) is 0 Å². The standard InChI is InChI=1S/C16H25N3O2/c1-13-4-3-5-16(2,10-13)14-11-19(12-17-14)15(20)18-6-8-21-9-7-18/h11-13H,3-10H2,1-2H3. The molecule has 1 saturated heterocycles. The van der Waals surface area contributed by atoms with Crippen molar-refractivity contribution in [3.63, 3.8) is 0 Å². The first-order valence-corrected chi connectivity index (χ1v) is 8.00. The van der Waals surface area contributed by atoms with E-state index in [0.29, 0.717) is 26.3 Å². The lowest BCUT2D eigenvalue weighted by Crippen LogP contribution is -2.42. The molecule has 5 nitrogen and oxygen atoms in total. The summed E-state index contributed by atoms with van der Waals surface area (Å²) in [6.07, 6.45) is 8.51. The van der Waals surface area contributed by atoms with Crippen LogP contribution in [0.25, 0.3) is 0 Å². The zero-order valence-corrected chi connectivity index (χ0v) is 13.0. The molecule has 1 aliphatic heterocycles. The summed E-state index contributed by atoms with van der Waals surface area (Å²) in [4.78, 5) is 18.8. The molecular formula is C16H25N3O2. The molecule has 2 unspecified atom stereocenters. The molecule has 0 spiro atoms. The van der Waals surface area contributed by atoms with Crippen LogP contribution in [0.2, 0.25) is 0 Å². The van der Waals surface area contributed by atoms with Crippen LogP contribution < -0.4 is 0 Å². The Balaban J connectivity index is 1.74. The zero-order valence-electron chi connectivity index (χ0n) is 13.0. The fourth-order valence-electron chi connectivity index (χ4n) is 3.70. The third kappa shape index (κ3) is 2.98. The van der Waals surface area contributed by atoms with Crippen LogP contribution in [0, 0.1) is 5.92 Å². The molecule has 2 atom stereocenters. The van der Waals surface area contributed by atoms with Crippen LogP contribution in [0.3, 0.4) is 0 Å². The van der Waals surface area contributed by atoms with Crippen molar-refractivity contribution >= 4 is 6.03 Å². The van der Waals surface area contributed by atoms with Crippen LogP contribution in [0.5, 0.6) is 0 Å². The third-order valence-electron chi connectivity index (χ3n) is 4.93. The van der Waals surface area contributed by atoms with Gasteiger partial charge in [-0.1, -0.05) is 26.7 Å². The van der Waals surface area contributed by atoms with E-state index in [0.717, 1.165) is 18.0 Å². The predicted octanol–water partition coefficient (Wildman–Crippen LogP) is 2.65. The Morgan fingerprint density at radius 1 is 1.43 bits per heavy atom. The van der Waals surface area contributed by atoms with Crippen LogP contribution in [-0.4, -0.2) is 46.8 Å². The maximum absolute atomic E-state index is 12.5. The first-order valence-electron chi connectivity index (χ1n) is 8.00. The van der Waals surface area contributed by atoms with E-state index in [1.165, 1.54) is 19.3 Å². The normalized spacial score (nSPS) is 30.4. The Kier molecular flexibility index (Phi) is 4.02. The lowest BCUT2D eigenvalue weighted by molar-refractivity contribution is 0.0535. The largest absolute Gasteiger partial charge is 0.378 e. The highest BCUT2D eigenvalue weighted by atomic mass is 16.5. The number of hydrogen-bond donors (Lipinski definition) is 0. The Labute approximate surface area is 126 Å². The Hall–Kier alpha value is -1.36. The first kappa shape index (κ1) is 14.6. The maximum atomic E-state index is 12.5. The van der Waals surface area contributed by atoms with Crippen molar-refractivity contribution in [2.45, 2.75) is 44.9 Å². The number of aromatic nitrogens is 2. The van der Waals surface area contributed by atoms with Gasteiger partial charge in [-0.15, -0.1) is 0 Å². The Morgan fingerprint density at radius 3 is 2.90 bits per heavy atom. The van der Waals surface area contributed by atoms with Gasteiger partial charge in [0.1, 0.15) is 6.33 Å². The Bertz CT molecular complexity index is 507. The summed E-state index contributed by atoms with van der Waals surface area (Å²) in [5, 5.41) is 0. The molecule has 3 rings (SSSR count).